The van der Waals surface area contributed by atoms with Crippen molar-refractivity contribution in [3.05, 3.63) is 54.1 Å². The number of aromatic nitrogens is 1. The highest BCUT2D eigenvalue weighted by molar-refractivity contribution is 5.64. The molecule has 0 bridgehead atoms. The van der Waals surface area contributed by atoms with E-state index in [2.05, 4.69) is 23.3 Å². The van der Waals surface area contributed by atoms with Crippen molar-refractivity contribution in [3.63, 3.8) is 0 Å². The Bertz CT molecular complexity index is 521. The highest BCUT2D eigenvalue weighted by atomic mass is 19.1. The lowest BCUT2D eigenvalue weighted by atomic mass is 9.99. The van der Waals surface area contributed by atoms with E-state index in [4.69, 9.17) is 0 Å². The fraction of sp³-hybridized carbons (Fsp3) is 0.267. The normalized spacial score (nSPS) is 12.4. The van der Waals surface area contributed by atoms with Gasteiger partial charge in [0.15, 0.2) is 0 Å². The minimum atomic E-state index is -0.285. The van der Waals surface area contributed by atoms with E-state index < -0.39 is 0 Å². The molecule has 1 aromatic carbocycles. The van der Waals surface area contributed by atoms with E-state index in [0.29, 0.717) is 11.6 Å². The Morgan fingerprint density at radius 1 is 1.33 bits per heavy atom. The Kier molecular flexibility index (Phi) is 4.05. The van der Waals surface area contributed by atoms with E-state index in [1.165, 1.54) is 11.8 Å². The predicted octanol–water partition coefficient (Wildman–Crippen LogP) is 3.56. The highest BCUT2D eigenvalue weighted by Gasteiger charge is 2.09. The molecule has 2 rings (SSSR count). The zero-order valence-electron chi connectivity index (χ0n) is 10.7. The molecule has 0 aliphatic heterocycles. The Morgan fingerprint density at radius 3 is 2.83 bits per heavy atom. The first-order valence-corrected chi connectivity index (χ1v) is 6.13. The van der Waals surface area contributed by atoms with Crippen LogP contribution in [0, 0.1) is 5.82 Å². The number of nitrogens with zero attached hydrogens (tertiary/aromatic N) is 1. The second-order valence-electron chi connectivity index (χ2n) is 4.23. The SMILES string of the molecule is CCC(NC)c1cccc(-c2ccncc2F)c1. The van der Waals surface area contributed by atoms with Crippen molar-refractivity contribution in [1.29, 1.82) is 0 Å². The molecule has 18 heavy (non-hydrogen) atoms. The number of rotatable bonds is 4. The molecule has 0 saturated carbocycles. The van der Waals surface area contributed by atoms with E-state index in [1.807, 2.05) is 25.2 Å². The van der Waals surface area contributed by atoms with Gasteiger partial charge in [-0.3, -0.25) is 4.98 Å². The zero-order chi connectivity index (χ0) is 13.0. The number of benzene rings is 1. The van der Waals surface area contributed by atoms with Crippen molar-refractivity contribution in [2.45, 2.75) is 19.4 Å². The van der Waals surface area contributed by atoms with Gasteiger partial charge in [0.25, 0.3) is 0 Å². The molecule has 2 nitrogen and oxygen atoms in total. The van der Waals surface area contributed by atoms with Gasteiger partial charge in [0.05, 0.1) is 6.20 Å². The van der Waals surface area contributed by atoms with Crippen LogP contribution < -0.4 is 5.32 Å². The summed E-state index contributed by atoms with van der Waals surface area (Å²) in [6.45, 7) is 2.13. The summed E-state index contributed by atoms with van der Waals surface area (Å²) in [6, 6.07) is 9.98. The molecule has 1 N–H and O–H groups in total. The second kappa shape index (κ2) is 5.74. The number of hydrogen-bond acceptors (Lipinski definition) is 2. The lowest BCUT2D eigenvalue weighted by Crippen LogP contribution is -2.15. The van der Waals surface area contributed by atoms with Gasteiger partial charge in [-0.05, 0) is 36.7 Å². The Hall–Kier alpha value is -1.74. The topological polar surface area (TPSA) is 24.9 Å². The molecule has 0 radical (unpaired) electrons. The first-order valence-electron chi connectivity index (χ1n) is 6.13. The van der Waals surface area contributed by atoms with Crippen molar-refractivity contribution >= 4 is 0 Å². The highest BCUT2D eigenvalue weighted by Crippen LogP contribution is 2.25. The molecular weight excluding hydrogens is 227 g/mol. The minimum absolute atomic E-state index is 0.285. The first-order chi connectivity index (χ1) is 8.76. The molecule has 0 spiro atoms. The summed E-state index contributed by atoms with van der Waals surface area (Å²) in [5.41, 5.74) is 2.66. The van der Waals surface area contributed by atoms with Gasteiger partial charge in [-0.1, -0.05) is 25.1 Å². The summed E-state index contributed by atoms with van der Waals surface area (Å²) < 4.78 is 13.7. The zero-order valence-corrected chi connectivity index (χ0v) is 10.7. The summed E-state index contributed by atoms with van der Waals surface area (Å²) in [5, 5.41) is 3.26. The van der Waals surface area contributed by atoms with Crippen molar-refractivity contribution < 1.29 is 4.39 Å². The smallest absolute Gasteiger partial charge is 0.149 e. The van der Waals surface area contributed by atoms with Crippen molar-refractivity contribution in [2.75, 3.05) is 7.05 Å². The Morgan fingerprint density at radius 2 is 2.17 bits per heavy atom. The molecule has 2 aromatic rings. The third kappa shape index (κ3) is 2.57. The summed E-state index contributed by atoms with van der Waals surface area (Å²) in [4.78, 5) is 3.77. The Balaban J connectivity index is 2.42. The van der Waals surface area contributed by atoms with Crippen LogP contribution in [-0.4, -0.2) is 12.0 Å². The van der Waals surface area contributed by atoms with E-state index in [1.54, 1.807) is 12.3 Å². The average molecular weight is 244 g/mol. The average Bonchev–Trinajstić information content (AvgIpc) is 2.41. The second-order valence-corrected chi connectivity index (χ2v) is 4.23. The van der Waals surface area contributed by atoms with Crippen LogP contribution in [0.1, 0.15) is 24.9 Å². The molecule has 0 fully saturated rings. The van der Waals surface area contributed by atoms with Gasteiger partial charge in [0.2, 0.25) is 0 Å². The van der Waals surface area contributed by atoms with Gasteiger partial charge in [0.1, 0.15) is 5.82 Å². The fourth-order valence-electron chi connectivity index (χ4n) is 2.14. The number of nitrogens with one attached hydrogen (secondary N) is 1. The van der Waals surface area contributed by atoms with E-state index in [-0.39, 0.29) is 5.82 Å². The number of pyridine rings is 1. The van der Waals surface area contributed by atoms with Gasteiger partial charge < -0.3 is 5.32 Å². The van der Waals surface area contributed by atoms with Gasteiger partial charge in [0, 0.05) is 17.8 Å². The van der Waals surface area contributed by atoms with Gasteiger partial charge in [-0.15, -0.1) is 0 Å². The maximum Gasteiger partial charge on any atom is 0.149 e. The molecule has 1 heterocycles. The summed E-state index contributed by atoms with van der Waals surface area (Å²) in [6.07, 6.45) is 3.86. The van der Waals surface area contributed by atoms with Crippen LogP contribution in [0.15, 0.2) is 42.7 Å². The minimum Gasteiger partial charge on any atom is -0.313 e. The third-order valence-corrected chi connectivity index (χ3v) is 3.13. The molecule has 0 amide bonds. The monoisotopic (exact) mass is 244 g/mol. The van der Waals surface area contributed by atoms with E-state index in [0.717, 1.165) is 12.0 Å². The van der Waals surface area contributed by atoms with Crippen LogP contribution >= 0.6 is 0 Å². The fourth-order valence-corrected chi connectivity index (χ4v) is 2.14. The molecule has 1 unspecified atom stereocenters. The summed E-state index contributed by atoms with van der Waals surface area (Å²) in [7, 11) is 1.94. The van der Waals surface area contributed by atoms with Gasteiger partial charge >= 0.3 is 0 Å². The van der Waals surface area contributed by atoms with Crippen molar-refractivity contribution in [3.8, 4) is 11.1 Å². The molecule has 94 valence electrons. The van der Waals surface area contributed by atoms with Gasteiger partial charge in [-0.2, -0.15) is 0 Å². The lowest BCUT2D eigenvalue weighted by Gasteiger charge is -2.15. The summed E-state index contributed by atoms with van der Waals surface area (Å²) in [5.74, 6) is -0.285. The number of hydrogen-bond donors (Lipinski definition) is 1. The summed E-state index contributed by atoms with van der Waals surface area (Å²) >= 11 is 0. The van der Waals surface area contributed by atoms with Crippen molar-refractivity contribution in [1.82, 2.24) is 10.3 Å². The van der Waals surface area contributed by atoms with Crippen LogP contribution in [0.2, 0.25) is 0 Å². The third-order valence-electron chi connectivity index (χ3n) is 3.13. The maximum atomic E-state index is 13.7. The predicted molar refractivity (Wildman–Crippen MR) is 71.7 cm³/mol. The van der Waals surface area contributed by atoms with Crippen LogP contribution in [0.4, 0.5) is 4.39 Å². The molecule has 0 aliphatic rings. The molecule has 0 saturated heterocycles. The van der Waals surface area contributed by atoms with E-state index in [9.17, 15) is 4.39 Å². The standard InChI is InChI=1S/C15H17FN2/c1-3-15(17-2)12-6-4-5-11(9-12)13-7-8-18-10-14(13)16/h4-10,15,17H,3H2,1-2H3. The molecule has 1 aromatic heterocycles. The van der Waals surface area contributed by atoms with Crippen LogP contribution in [0.25, 0.3) is 11.1 Å². The van der Waals surface area contributed by atoms with E-state index >= 15 is 0 Å². The van der Waals surface area contributed by atoms with Crippen LogP contribution in [0.5, 0.6) is 0 Å². The first kappa shape index (κ1) is 12.7. The van der Waals surface area contributed by atoms with Crippen molar-refractivity contribution in [2.24, 2.45) is 0 Å². The quantitative estimate of drug-likeness (QED) is 0.889. The molecule has 1 atom stereocenters. The lowest BCUT2D eigenvalue weighted by molar-refractivity contribution is 0.577. The maximum absolute atomic E-state index is 13.7. The molecule has 0 aliphatic carbocycles. The largest absolute Gasteiger partial charge is 0.313 e. The molecule has 3 heteroatoms. The number of halogens is 1. The van der Waals surface area contributed by atoms with Gasteiger partial charge in [-0.25, -0.2) is 4.39 Å². The van der Waals surface area contributed by atoms with Crippen LogP contribution in [0.3, 0.4) is 0 Å². The molecular formula is C15H17FN2. The Labute approximate surface area is 107 Å². The van der Waals surface area contributed by atoms with Crippen LogP contribution in [-0.2, 0) is 0 Å².